The Balaban J connectivity index is 3.43. The smallest absolute Gasteiger partial charge is 0.339 e. The maximum Gasteiger partial charge on any atom is 0.339 e. The van der Waals surface area contributed by atoms with Crippen LogP contribution >= 0.6 is 0 Å². The topological polar surface area (TPSA) is 72.8 Å². The molecule has 1 aromatic carbocycles. The molecule has 0 aromatic heterocycles. The van der Waals surface area contributed by atoms with Gasteiger partial charge in [-0.3, -0.25) is 0 Å². The van der Waals surface area contributed by atoms with Crippen molar-refractivity contribution in [3.63, 3.8) is 0 Å². The van der Waals surface area contributed by atoms with Crippen LogP contribution in [0.5, 0.6) is 5.75 Å². The molecule has 0 aliphatic heterocycles. The lowest BCUT2D eigenvalue weighted by molar-refractivity contribution is 0.0477. The van der Waals surface area contributed by atoms with Crippen molar-refractivity contribution in [1.29, 1.82) is 0 Å². The number of phenols is 1. The van der Waals surface area contributed by atoms with Gasteiger partial charge in [-0.1, -0.05) is 0 Å². The molecule has 19 heavy (non-hydrogen) atoms. The summed E-state index contributed by atoms with van der Waals surface area (Å²) in [5.41, 5.74) is 1.23. The van der Waals surface area contributed by atoms with E-state index < -0.39 is 11.9 Å². The van der Waals surface area contributed by atoms with Gasteiger partial charge in [0.1, 0.15) is 5.75 Å². The van der Waals surface area contributed by atoms with Gasteiger partial charge in [0, 0.05) is 0 Å². The van der Waals surface area contributed by atoms with Crippen molar-refractivity contribution in [3.8, 4) is 5.75 Å². The highest BCUT2D eigenvalue weighted by Crippen LogP contribution is 2.28. The molecule has 5 heteroatoms. The number of aromatic hydroxyl groups is 1. The van der Waals surface area contributed by atoms with E-state index in [-0.39, 0.29) is 30.1 Å². The third kappa shape index (κ3) is 3.05. The first-order valence-electron chi connectivity index (χ1n) is 6.11. The molecule has 0 aliphatic rings. The van der Waals surface area contributed by atoms with Crippen molar-refractivity contribution in [3.05, 3.63) is 28.3 Å². The Labute approximate surface area is 112 Å². The molecule has 0 fully saturated rings. The van der Waals surface area contributed by atoms with E-state index in [2.05, 4.69) is 0 Å². The monoisotopic (exact) mass is 266 g/mol. The van der Waals surface area contributed by atoms with Crippen molar-refractivity contribution >= 4 is 11.9 Å². The van der Waals surface area contributed by atoms with Gasteiger partial charge in [-0.2, -0.15) is 0 Å². The van der Waals surface area contributed by atoms with Crippen molar-refractivity contribution in [2.45, 2.75) is 27.7 Å². The molecule has 1 N–H and O–H groups in total. The van der Waals surface area contributed by atoms with Gasteiger partial charge >= 0.3 is 11.9 Å². The fourth-order valence-corrected chi connectivity index (χ4v) is 1.73. The van der Waals surface area contributed by atoms with Crippen LogP contribution in [-0.4, -0.2) is 30.3 Å². The van der Waals surface area contributed by atoms with Crippen LogP contribution in [0.15, 0.2) is 6.07 Å². The largest absolute Gasteiger partial charge is 0.508 e. The molecule has 104 valence electrons. The summed E-state index contributed by atoms with van der Waals surface area (Å²) in [7, 11) is 0. The zero-order valence-electron chi connectivity index (χ0n) is 11.6. The predicted molar refractivity (Wildman–Crippen MR) is 69.5 cm³/mol. The molecule has 0 atom stereocenters. The van der Waals surface area contributed by atoms with Crippen LogP contribution in [0.25, 0.3) is 0 Å². The predicted octanol–water partition coefficient (Wildman–Crippen LogP) is 2.36. The normalized spacial score (nSPS) is 10.1. The first-order valence-corrected chi connectivity index (χ1v) is 6.11. The number of rotatable bonds is 4. The second-order valence-corrected chi connectivity index (χ2v) is 4.01. The van der Waals surface area contributed by atoms with Gasteiger partial charge in [0.2, 0.25) is 0 Å². The summed E-state index contributed by atoms with van der Waals surface area (Å²) in [5.74, 6) is -1.29. The molecule has 0 radical (unpaired) electrons. The Kier molecular flexibility index (Phi) is 4.92. The third-order valence-electron chi connectivity index (χ3n) is 2.85. The standard InChI is InChI=1S/C14H18O5/c1-5-18-13(16)10-7-11(15)8(3)9(4)12(10)14(17)19-6-2/h7,15H,5-6H2,1-4H3. The van der Waals surface area contributed by atoms with Crippen LogP contribution in [0.1, 0.15) is 45.7 Å². The van der Waals surface area contributed by atoms with Crippen molar-refractivity contribution in [2.75, 3.05) is 13.2 Å². The summed E-state index contributed by atoms with van der Waals surface area (Å²) < 4.78 is 9.83. The first-order chi connectivity index (χ1) is 8.93. The van der Waals surface area contributed by atoms with Gasteiger partial charge in [0.05, 0.1) is 24.3 Å². The summed E-state index contributed by atoms with van der Waals surface area (Å²) in [6, 6.07) is 1.24. The summed E-state index contributed by atoms with van der Waals surface area (Å²) in [6.45, 7) is 7.08. The number of carbonyl (C=O) groups excluding carboxylic acids is 2. The van der Waals surface area contributed by atoms with Gasteiger partial charge in [-0.15, -0.1) is 0 Å². The fourth-order valence-electron chi connectivity index (χ4n) is 1.73. The van der Waals surface area contributed by atoms with Crippen LogP contribution in [0.3, 0.4) is 0 Å². The fraction of sp³-hybridized carbons (Fsp3) is 0.429. The Bertz CT molecular complexity index is 505. The lowest BCUT2D eigenvalue weighted by Gasteiger charge is -2.14. The Hall–Kier alpha value is -2.04. The summed E-state index contributed by atoms with van der Waals surface area (Å²) in [6.07, 6.45) is 0. The SMILES string of the molecule is CCOC(=O)c1cc(O)c(C)c(C)c1C(=O)OCC. The number of carbonyl (C=O) groups is 2. The average molecular weight is 266 g/mol. The molecule has 5 nitrogen and oxygen atoms in total. The van der Waals surface area contributed by atoms with Gasteiger partial charge in [-0.25, -0.2) is 9.59 Å². The molecule has 0 heterocycles. The summed E-state index contributed by atoms with van der Waals surface area (Å²) in [5, 5.41) is 9.77. The van der Waals surface area contributed by atoms with Crippen LogP contribution < -0.4 is 0 Å². The average Bonchev–Trinajstić information content (AvgIpc) is 2.35. The lowest BCUT2D eigenvalue weighted by atomic mass is 9.96. The van der Waals surface area contributed by atoms with E-state index in [4.69, 9.17) is 9.47 Å². The molecule has 0 aliphatic carbocycles. The van der Waals surface area contributed by atoms with Gasteiger partial charge in [0.25, 0.3) is 0 Å². The molecular formula is C14H18O5. The van der Waals surface area contributed by atoms with E-state index in [1.54, 1.807) is 27.7 Å². The molecule has 0 amide bonds. The van der Waals surface area contributed by atoms with Crippen molar-refractivity contribution in [2.24, 2.45) is 0 Å². The third-order valence-corrected chi connectivity index (χ3v) is 2.85. The van der Waals surface area contributed by atoms with E-state index in [0.717, 1.165) is 0 Å². The maximum atomic E-state index is 11.9. The van der Waals surface area contributed by atoms with Crippen LogP contribution in [-0.2, 0) is 9.47 Å². The molecule has 0 unspecified atom stereocenters. The molecule has 1 aromatic rings. The Morgan fingerprint density at radius 2 is 1.58 bits per heavy atom. The summed E-state index contributed by atoms with van der Waals surface area (Å²) >= 11 is 0. The first kappa shape index (κ1) is 15.0. The number of phenolic OH excluding ortho intramolecular Hbond substituents is 1. The minimum Gasteiger partial charge on any atom is -0.508 e. The van der Waals surface area contributed by atoms with Crippen LogP contribution in [0.4, 0.5) is 0 Å². The van der Waals surface area contributed by atoms with Crippen LogP contribution in [0.2, 0.25) is 0 Å². The van der Waals surface area contributed by atoms with E-state index >= 15 is 0 Å². The highest BCUT2D eigenvalue weighted by Gasteiger charge is 2.24. The quantitative estimate of drug-likeness (QED) is 0.847. The Morgan fingerprint density at radius 3 is 2.11 bits per heavy atom. The van der Waals surface area contributed by atoms with E-state index in [0.29, 0.717) is 11.1 Å². The number of hydrogen-bond acceptors (Lipinski definition) is 5. The molecule has 1 rings (SSSR count). The molecular weight excluding hydrogens is 248 g/mol. The van der Waals surface area contributed by atoms with E-state index in [1.165, 1.54) is 6.07 Å². The highest BCUT2D eigenvalue weighted by atomic mass is 16.5. The second kappa shape index (κ2) is 6.22. The van der Waals surface area contributed by atoms with E-state index in [9.17, 15) is 14.7 Å². The van der Waals surface area contributed by atoms with Crippen LogP contribution in [0, 0.1) is 13.8 Å². The van der Waals surface area contributed by atoms with Crippen molar-refractivity contribution in [1.82, 2.24) is 0 Å². The molecule has 0 saturated heterocycles. The van der Waals surface area contributed by atoms with Gasteiger partial charge in [-0.05, 0) is 44.9 Å². The zero-order valence-corrected chi connectivity index (χ0v) is 11.6. The summed E-state index contributed by atoms with van der Waals surface area (Å²) in [4.78, 5) is 23.8. The second-order valence-electron chi connectivity index (χ2n) is 4.01. The van der Waals surface area contributed by atoms with Gasteiger partial charge < -0.3 is 14.6 Å². The number of ether oxygens (including phenoxy) is 2. The minimum absolute atomic E-state index is 0.0286. The maximum absolute atomic E-state index is 11.9. The van der Waals surface area contributed by atoms with Crippen molar-refractivity contribution < 1.29 is 24.2 Å². The van der Waals surface area contributed by atoms with Gasteiger partial charge in [0.15, 0.2) is 0 Å². The number of benzene rings is 1. The molecule has 0 bridgehead atoms. The zero-order chi connectivity index (χ0) is 14.6. The minimum atomic E-state index is -0.649. The number of esters is 2. The highest BCUT2D eigenvalue weighted by molar-refractivity contribution is 6.05. The lowest BCUT2D eigenvalue weighted by Crippen LogP contribution is -2.16. The number of hydrogen-bond donors (Lipinski definition) is 1. The molecule has 0 spiro atoms. The molecule has 0 saturated carbocycles. The Morgan fingerprint density at radius 1 is 1.05 bits per heavy atom. The van der Waals surface area contributed by atoms with E-state index in [1.807, 2.05) is 0 Å².